The predicted molar refractivity (Wildman–Crippen MR) is 113 cm³/mol. The van der Waals surface area contributed by atoms with Crippen LogP contribution in [0.2, 0.25) is 0 Å². The van der Waals surface area contributed by atoms with E-state index in [1.54, 1.807) is 0 Å². The summed E-state index contributed by atoms with van der Waals surface area (Å²) in [4.78, 5) is 58.6. The average Bonchev–Trinajstić information content (AvgIpc) is 2.79. The minimum Gasteiger partial charge on any atom is -0.481 e. The Morgan fingerprint density at radius 3 is 2.20 bits per heavy atom. The summed E-state index contributed by atoms with van der Waals surface area (Å²) in [5.74, 6) is -4.80. The quantitative estimate of drug-likeness (QED) is 0.113. The first-order valence-corrected chi connectivity index (χ1v) is 10.6. The van der Waals surface area contributed by atoms with Gasteiger partial charge in [-0.15, -0.1) is 0 Å². The first-order valence-electron chi connectivity index (χ1n) is 10.6. The number of aliphatic carboxylic acids is 1. The van der Waals surface area contributed by atoms with E-state index in [0.717, 1.165) is 0 Å². The summed E-state index contributed by atoms with van der Waals surface area (Å²) in [6.07, 6.45) is -8.20. The number of primary amides is 1. The molecular formula is C19H32N4O12. The van der Waals surface area contributed by atoms with Crippen LogP contribution in [0.3, 0.4) is 0 Å². The Morgan fingerprint density at radius 1 is 1.06 bits per heavy atom. The Labute approximate surface area is 199 Å². The van der Waals surface area contributed by atoms with E-state index in [0.29, 0.717) is 0 Å². The van der Waals surface area contributed by atoms with Crippen molar-refractivity contribution in [3.63, 3.8) is 0 Å². The molecule has 1 saturated heterocycles. The molecule has 1 fully saturated rings. The number of aliphatic hydroxyl groups is 4. The van der Waals surface area contributed by atoms with Crippen molar-refractivity contribution in [1.29, 1.82) is 0 Å². The Morgan fingerprint density at radius 2 is 1.69 bits per heavy atom. The predicted octanol–water partition coefficient (Wildman–Crippen LogP) is -5.35. The van der Waals surface area contributed by atoms with Gasteiger partial charge in [0.1, 0.15) is 49.1 Å². The molecule has 1 rings (SSSR count). The van der Waals surface area contributed by atoms with Crippen LogP contribution in [0.25, 0.3) is 0 Å². The third-order valence-electron chi connectivity index (χ3n) is 5.13. The van der Waals surface area contributed by atoms with E-state index in [2.05, 4.69) is 16.0 Å². The number of carboxylic acids is 1. The van der Waals surface area contributed by atoms with Crippen LogP contribution in [-0.4, -0.2) is 117 Å². The lowest BCUT2D eigenvalue weighted by Crippen LogP contribution is -2.66. The van der Waals surface area contributed by atoms with Gasteiger partial charge in [0.2, 0.25) is 23.6 Å². The summed E-state index contributed by atoms with van der Waals surface area (Å²) < 4.78 is 10.5. The van der Waals surface area contributed by atoms with Crippen molar-refractivity contribution in [2.24, 2.45) is 5.73 Å². The van der Waals surface area contributed by atoms with Gasteiger partial charge in [0.05, 0.1) is 6.61 Å². The lowest BCUT2D eigenvalue weighted by molar-refractivity contribution is -0.266. The second kappa shape index (κ2) is 13.9. The zero-order valence-corrected chi connectivity index (χ0v) is 19.1. The third-order valence-corrected chi connectivity index (χ3v) is 5.13. The van der Waals surface area contributed by atoms with Crippen molar-refractivity contribution in [3.8, 4) is 0 Å². The molecule has 16 nitrogen and oxygen atoms in total. The van der Waals surface area contributed by atoms with Crippen LogP contribution >= 0.6 is 0 Å². The van der Waals surface area contributed by atoms with E-state index < -0.39 is 98.1 Å². The van der Waals surface area contributed by atoms with E-state index in [4.69, 9.17) is 25.4 Å². The Kier molecular flexibility index (Phi) is 11.9. The first-order chi connectivity index (χ1) is 16.3. The van der Waals surface area contributed by atoms with E-state index in [1.807, 2.05) is 0 Å². The lowest BCUT2D eigenvalue weighted by Gasteiger charge is -2.43. The number of aliphatic hydroxyl groups excluding tert-OH is 4. The molecule has 35 heavy (non-hydrogen) atoms. The number of rotatable bonds is 13. The van der Waals surface area contributed by atoms with Crippen molar-refractivity contribution in [2.45, 2.75) is 75.5 Å². The van der Waals surface area contributed by atoms with Gasteiger partial charge in [0, 0.05) is 6.42 Å². The molecule has 1 aliphatic rings. The van der Waals surface area contributed by atoms with Crippen molar-refractivity contribution in [1.82, 2.24) is 16.0 Å². The minimum atomic E-state index is -1.76. The van der Waals surface area contributed by atoms with Crippen molar-refractivity contribution >= 4 is 29.6 Å². The highest BCUT2D eigenvalue weighted by Gasteiger charge is 2.47. The smallest absolute Gasteiger partial charge is 0.303 e. The van der Waals surface area contributed by atoms with E-state index >= 15 is 0 Å². The summed E-state index contributed by atoms with van der Waals surface area (Å²) in [5, 5.41) is 54.3. The van der Waals surface area contributed by atoms with Gasteiger partial charge >= 0.3 is 5.97 Å². The molecule has 1 heterocycles. The molecule has 0 aromatic carbocycles. The highest BCUT2D eigenvalue weighted by atomic mass is 16.6. The molecule has 16 heteroatoms. The number of amides is 4. The fraction of sp³-hybridized carbons (Fsp3) is 0.737. The Balaban J connectivity index is 2.83. The highest BCUT2D eigenvalue weighted by molar-refractivity contribution is 5.92. The molecule has 0 aromatic heterocycles. The highest BCUT2D eigenvalue weighted by Crippen LogP contribution is 2.23. The topological polar surface area (TPSA) is 267 Å². The summed E-state index contributed by atoms with van der Waals surface area (Å²) >= 11 is 0. The lowest BCUT2D eigenvalue weighted by atomic mass is 9.96. The summed E-state index contributed by atoms with van der Waals surface area (Å²) in [7, 11) is 0. The van der Waals surface area contributed by atoms with Crippen LogP contribution in [0.1, 0.15) is 26.7 Å². The van der Waals surface area contributed by atoms with Crippen LogP contribution in [0, 0.1) is 0 Å². The number of nitrogens with two attached hydrogens (primary N) is 1. The fourth-order valence-electron chi connectivity index (χ4n) is 3.18. The van der Waals surface area contributed by atoms with Crippen LogP contribution in [0.15, 0.2) is 0 Å². The first kappa shape index (κ1) is 30.1. The zero-order valence-electron chi connectivity index (χ0n) is 19.1. The fourth-order valence-corrected chi connectivity index (χ4v) is 3.18. The number of ether oxygens (including phenoxy) is 2. The maximum atomic E-state index is 12.6. The minimum absolute atomic E-state index is 0.256. The van der Waals surface area contributed by atoms with Gasteiger partial charge in [-0.25, -0.2) is 0 Å². The van der Waals surface area contributed by atoms with E-state index in [-0.39, 0.29) is 6.42 Å². The van der Waals surface area contributed by atoms with Crippen LogP contribution in [-0.2, 0) is 33.4 Å². The second-order valence-corrected chi connectivity index (χ2v) is 7.86. The average molecular weight is 508 g/mol. The molecule has 0 spiro atoms. The summed E-state index contributed by atoms with van der Waals surface area (Å²) in [6.45, 7) is 0.844. The third kappa shape index (κ3) is 9.00. The van der Waals surface area contributed by atoms with E-state index in [9.17, 15) is 39.3 Å². The van der Waals surface area contributed by atoms with Crippen molar-refractivity contribution in [3.05, 3.63) is 0 Å². The number of nitrogens with one attached hydrogen (secondary N) is 3. The Hall–Kier alpha value is -2.89. The van der Waals surface area contributed by atoms with Crippen LogP contribution < -0.4 is 21.7 Å². The molecule has 0 aromatic rings. The molecular weight excluding hydrogens is 476 g/mol. The molecule has 0 bridgehead atoms. The standard InChI is InChI=1S/C19H32N4O12/c1-7(17(31)22-9(16(20)30)3-4-12(27)28)21-18(32)8(2)34-15-13(23-11(26)6-25)19(33)35-10(5-24)14(15)29/h7-10,13-15,19,24-25,29,33H,3-6H2,1-2H3,(H2,20,30)(H,21,32)(H,22,31)(H,23,26)(H,27,28)/t7-,8-,9?,10?,13?,14-,15-,19+/m1/s1. The molecule has 0 aliphatic carbocycles. The summed E-state index contributed by atoms with van der Waals surface area (Å²) in [6, 6.07) is -3.92. The monoisotopic (exact) mass is 508 g/mol. The van der Waals surface area contributed by atoms with Gasteiger partial charge in [-0.1, -0.05) is 0 Å². The molecule has 10 N–H and O–H groups in total. The van der Waals surface area contributed by atoms with Crippen LogP contribution in [0.5, 0.6) is 0 Å². The molecule has 0 radical (unpaired) electrons. The Bertz CT molecular complexity index is 781. The molecule has 0 saturated carbocycles. The van der Waals surface area contributed by atoms with Crippen LogP contribution in [0.4, 0.5) is 0 Å². The largest absolute Gasteiger partial charge is 0.481 e. The normalized spacial score (nSPS) is 26.6. The maximum absolute atomic E-state index is 12.6. The number of hydrogen-bond donors (Lipinski definition) is 9. The maximum Gasteiger partial charge on any atom is 0.303 e. The van der Waals surface area contributed by atoms with Crippen molar-refractivity contribution in [2.75, 3.05) is 13.2 Å². The second-order valence-electron chi connectivity index (χ2n) is 7.86. The molecule has 200 valence electrons. The van der Waals surface area contributed by atoms with Crippen molar-refractivity contribution < 1.29 is 59.0 Å². The van der Waals surface area contributed by atoms with Gasteiger partial charge in [-0.2, -0.15) is 0 Å². The van der Waals surface area contributed by atoms with Gasteiger partial charge in [0.25, 0.3) is 0 Å². The van der Waals surface area contributed by atoms with Gasteiger partial charge in [-0.3, -0.25) is 24.0 Å². The van der Waals surface area contributed by atoms with E-state index in [1.165, 1.54) is 13.8 Å². The molecule has 8 atom stereocenters. The molecule has 1 aliphatic heterocycles. The van der Waals surface area contributed by atoms with Gasteiger partial charge < -0.3 is 56.7 Å². The molecule has 3 unspecified atom stereocenters. The SMILES string of the molecule is C[C@@H](NC(=O)[C@@H](C)O[C@@H]1C(NC(=O)CO)[C@@H](O)OC(CO)[C@H]1O)C(=O)NC(CCC(=O)O)C(N)=O. The number of carbonyl (C=O) groups is 5. The van der Waals surface area contributed by atoms with Gasteiger partial charge in [0.15, 0.2) is 6.29 Å². The summed E-state index contributed by atoms with van der Waals surface area (Å²) in [5.41, 5.74) is 5.16. The zero-order chi connectivity index (χ0) is 26.9. The molecule has 4 amide bonds. The number of carboxylic acid groups (broad SMARTS) is 1. The number of hydrogen-bond acceptors (Lipinski definition) is 11. The van der Waals surface area contributed by atoms with Gasteiger partial charge in [-0.05, 0) is 20.3 Å². The number of carbonyl (C=O) groups excluding carboxylic acids is 4.